The molecule has 43 heavy (non-hydrogen) atoms. The summed E-state index contributed by atoms with van der Waals surface area (Å²) in [6, 6.07) is 48.8. The van der Waals surface area contributed by atoms with Crippen LogP contribution in [0.1, 0.15) is 48.9 Å². The summed E-state index contributed by atoms with van der Waals surface area (Å²) >= 11 is 0. The van der Waals surface area contributed by atoms with Gasteiger partial charge in [-0.2, -0.15) is 0 Å². The van der Waals surface area contributed by atoms with E-state index in [9.17, 15) is 0 Å². The predicted octanol–water partition coefficient (Wildman–Crippen LogP) is 9.66. The van der Waals surface area contributed by atoms with E-state index < -0.39 is 0 Å². The van der Waals surface area contributed by atoms with Crippen molar-refractivity contribution in [2.75, 3.05) is 20.3 Å². The van der Waals surface area contributed by atoms with Gasteiger partial charge in [-0.1, -0.05) is 140 Å². The first-order chi connectivity index (χ1) is 21.2. The lowest BCUT2D eigenvalue weighted by atomic mass is 9.70. The molecule has 0 heterocycles. The average Bonchev–Trinajstić information content (AvgIpc) is 3.34. The zero-order valence-electron chi connectivity index (χ0n) is 25.5. The summed E-state index contributed by atoms with van der Waals surface area (Å²) in [7, 11) is 1.85. The molecule has 2 atom stereocenters. The molecule has 6 rings (SSSR count). The summed E-state index contributed by atoms with van der Waals surface area (Å²) in [6.07, 6.45) is 2.03. The number of fused-ring (bicyclic) bond motifs is 1. The van der Waals surface area contributed by atoms with Crippen LogP contribution in [0.3, 0.4) is 0 Å². The Hall–Kier alpha value is -4.24. The Morgan fingerprint density at radius 1 is 0.628 bits per heavy atom. The molecule has 2 unspecified atom stereocenters. The van der Waals surface area contributed by atoms with Gasteiger partial charge < -0.3 is 10.1 Å². The van der Waals surface area contributed by atoms with Gasteiger partial charge in [-0.05, 0) is 82.0 Å². The summed E-state index contributed by atoms with van der Waals surface area (Å²) in [5, 5.41) is 3.81. The molecule has 2 heteroatoms. The summed E-state index contributed by atoms with van der Waals surface area (Å²) in [5.41, 5.74) is 12.4. The van der Waals surface area contributed by atoms with Crippen molar-refractivity contribution in [2.45, 2.75) is 38.1 Å². The van der Waals surface area contributed by atoms with Gasteiger partial charge in [-0.25, -0.2) is 0 Å². The first-order valence-electron chi connectivity index (χ1n) is 15.5. The Morgan fingerprint density at radius 2 is 1.16 bits per heavy atom. The van der Waals surface area contributed by atoms with E-state index in [1.165, 1.54) is 55.7 Å². The lowest BCUT2D eigenvalue weighted by Crippen LogP contribution is -2.40. The van der Waals surface area contributed by atoms with E-state index in [-0.39, 0.29) is 5.41 Å². The van der Waals surface area contributed by atoms with E-state index in [4.69, 9.17) is 4.74 Å². The van der Waals surface area contributed by atoms with Crippen molar-refractivity contribution in [1.29, 1.82) is 0 Å². The molecular weight excluding hydrogens is 522 g/mol. The third kappa shape index (κ3) is 5.49. The van der Waals surface area contributed by atoms with Crippen LogP contribution in [0, 0.1) is 0 Å². The van der Waals surface area contributed by atoms with E-state index in [0.717, 1.165) is 19.4 Å². The normalized spacial score (nSPS) is 16.7. The van der Waals surface area contributed by atoms with Crippen LogP contribution >= 0.6 is 0 Å². The van der Waals surface area contributed by atoms with Crippen LogP contribution < -0.4 is 5.32 Å². The van der Waals surface area contributed by atoms with E-state index in [1.54, 1.807) is 0 Å². The standard InChI is InChI=1S/C41H41NO/c1-4-27-42-30(2)28-41(29-43-3)36-26-25-35(31-17-9-5-10-18-31)37(32-19-11-6-12-20-32)39(36)38(33-21-13-7-14-22-33)40(41)34-23-15-8-16-24-34/h5-26,30,42H,4,27-29H2,1-3H3. The highest BCUT2D eigenvalue weighted by molar-refractivity contribution is 6.12. The van der Waals surface area contributed by atoms with Crippen LogP contribution in [0.5, 0.6) is 0 Å². The van der Waals surface area contributed by atoms with Gasteiger partial charge in [0, 0.05) is 18.6 Å². The van der Waals surface area contributed by atoms with Crippen LogP contribution in [-0.4, -0.2) is 26.3 Å². The summed E-state index contributed by atoms with van der Waals surface area (Å²) < 4.78 is 6.23. The Balaban J connectivity index is 1.77. The lowest BCUT2D eigenvalue weighted by Gasteiger charge is -2.37. The molecule has 2 nitrogen and oxygen atoms in total. The van der Waals surface area contributed by atoms with Crippen molar-refractivity contribution >= 4 is 11.1 Å². The summed E-state index contributed by atoms with van der Waals surface area (Å²) in [5.74, 6) is 0. The molecule has 0 spiro atoms. The van der Waals surface area contributed by atoms with Crippen LogP contribution in [0.4, 0.5) is 0 Å². The molecule has 0 saturated heterocycles. The highest BCUT2D eigenvalue weighted by atomic mass is 16.5. The minimum atomic E-state index is -0.352. The molecule has 1 aliphatic carbocycles. The fraction of sp³-hybridized carbons (Fsp3) is 0.220. The molecule has 216 valence electrons. The molecule has 0 radical (unpaired) electrons. The topological polar surface area (TPSA) is 21.3 Å². The van der Waals surface area contributed by atoms with Gasteiger partial charge in [-0.15, -0.1) is 0 Å². The number of rotatable bonds is 11. The third-order valence-electron chi connectivity index (χ3n) is 8.76. The maximum absolute atomic E-state index is 6.23. The van der Waals surface area contributed by atoms with Crippen molar-refractivity contribution in [3.8, 4) is 22.3 Å². The Labute approximate surface area is 257 Å². The zero-order chi connectivity index (χ0) is 29.6. The van der Waals surface area contributed by atoms with Gasteiger partial charge in [0.1, 0.15) is 0 Å². The molecular formula is C41H41NO. The van der Waals surface area contributed by atoms with Crippen molar-refractivity contribution in [3.05, 3.63) is 156 Å². The Morgan fingerprint density at radius 3 is 1.72 bits per heavy atom. The number of benzene rings is 5. The van der Waals surface area contributed by atoms with Crippen molar-refractivity contribution in [2.24, 2.45) is 0 Å². The number of nitrogens with one attached hydrogen (secondary N) is 1. The van der Waals surface area contributed by atoms with Crippen molar-refractivity contribution in [3.63, 3.8) is 0 Å². The second kappa shape index (κ2) is 13.0. The number of hydrogen-bond acceptors (Lipinski definition) is 2. The average molecular weight is 564 g/mol. The molecule has 5 aromatic carbocycles. The molecule has 0 bridgehead atoms. The van der Waals surface area contributed by atoms with Crippen LogP contribution in [0.15, 0.2) is 133 Å². The number of methoxy groups -OCH3 is 1. The molecule has 0 aliphatic heterocycles. The SMILES string of the molecule is CCCNC(C)CC1(COC)C(c2ccccc2)=C(c2ccccc2)c2c1ccc(-c1ccccc1)c2-c1ccccc1. The molecule has 0 fully saturated rings. The molecule has 1 N–H and O–H groups in total. The second-order valence-electron chi connectivity index (χ2n) is 11.7. The third-order valence-corrected chi connectivity index (χ3v) is 8.76. The Kier molecular flexibility index (Phi) is 8.69. The maximum Gasteiger partial charge on any atom is 0.0601 e. The summed E-state index contributed by atoms with van der Waals surface area (Å²) in [4.78, 5) is 0. The lowest BCUT2D eigenvalue weighted by molar-refractivity contribution is 0.146. The van der Waals surface area contributed by atoms with E-state index in [2.05, 4.69) is 153 Å². The molecule has 5 aromatic rings. The van der Waals surface area contributed by atoms with E-state index in [1.807, 2.05) is 7.11 Å². The van der Waals surface area contributed by atoms with Crippen molar-refractivity contribution in [1.82, 2.24) is 5.32 Å². The van der Waals surface area contributed by atoms with Gasteiger partial charge in [0.25, 0.3) is 0 Å². The second-order valence-corrected chi connectivity index (χ2v) is 11.7. The van der Waals surface area contributed by atoms with E-state index >= 15 is 0 Å². The predicted molar refractivity (Wildman–Crippen MR) is 182 cm³/mol. The van der Waals surface area contributed by atoms with Crippen molar-refractivity contribution < 1.29 is 4.74 Å². The zero-order valence-corrected chi connectivity index (χ0v) is 25.5. The number of ether oxygens (including phenoxy) is 1. The quantitative estimate of drug-likeness (QED) is 0.173. The van der Waals surface area contributed by atoms with E-state index in [0.29, 0.717) is 12.6 Å². The minimum absolute atomic E-state index is 0.297. The number of hydrogen-bond donors (Lipinski definition) is 1. The molecule has 1 aliphatic rings. The molecule has 0 saturated carbocycles. The minimum Gasteiger partial charge on any atom is -0.383 e. The first kappa shape index (κ1) is 28.9. The molecule has 0 amide bonds. The fourth-order valence-corrected chi connectivity index (χ4v) is 7.09. The largest absolute Gasteiger partial charge is 0.383 e. The fourth-order valence-electron chi connectivity index (χ4n) is 7.09. The van der Waals surface area contributed by atoms with Gasteiger partial charge in [0.05, 0.1) is 6.61 Å². The van der Waals surface area contributed by atoms with Gasteiger partial charge in [0.2, 0.25) is 0 Å². The van der Waals surface area contributed by atoms with Crippen LogP contribution in [0.2, 0.25) is 0 Å². The summed E-state index contributed by atoms with van der Waals surface area (Å²) in [6.45, 7) is 6.15. The van der Waals surface area contributed by atoms with Gasteiger partial charge in [0.15, 0.2) is 0 Å². The van der Waals surface area contributed by atoms with Crippen LogP contribution in [-0.2, 0) is 10.2 Å². The highest BCUT2D eigenvalue weighted by Crippen LogP contribution is 2.59. The highest BCUT2D eigenvalue weighted by Gasteiger charge is 2.48. The van der Waals surface area contributed by atoms with Gasteiger partial charge >= 0.3 is 0 Å². The molecule has 0 aromatic heterocycles. The first-order valence-corrected chi connectivity index (χ1v) is 15.5. The Bertz CT molecular complexity index is 1680. The maximum atomic E-state index is 6.23. The monoisotopic (exact) mass is 563 g/mol. The van der Waals surface area contributed by atoms with Gasteiger partial charge in [-0.3, -0.25) is 0 Å². The van der Waals surface area contributed by atoms with Crippen LogP contribution in [0.25, 0.3) is 33.4 Å². The smallest absolute Gasteiger partial charge is 0.0601 e.